The molecule has 110 valence electrons. The SMILES string of the molecule is CCCN(O)C(=O)N1CCC2=CC(C(N)=O)CC=C2C1. The third kappa shape index (κ3) is 3.01. The van der Waals surface area contributed by atoms with Gasteiger partial charge in [-0.05, 0) is 30.4 Å². The van der Waals surface area contributed by atoms with Crippen LogP contribution < -0.4 is 5.73 Å². The van der Waals surface area contributed by atoms with Gasteiger partial charge in [0.05, 0.1) is 5.92 Å². The number of rotatable bonds is 3. The van der Waals surface area contributed by atoms with Crippen LogP contribution in [0.15, 0.2) is 23.3 Å². The first-order valence-corrected chi connectivity index (χ1v) is 6.97. The molecule has 0 saturated carbocycles. The molecule has 1 saturated heterocycles. The molecule has 0 spiro atoms. The number of allylic oxidation sites excluding steroid dienone is 1. The molecule has 1 aliphatic carbocycles. The van der Waals surface area contributed by atoms with Gasteiger partial charge >= 0.3 is 6.03 Å². The van der Waals surface area contributed by atoms with Crippen molar-refractivity contribution in [3.63, 3.8) is 0 Å². The van der Waals surface area contributed by atoms with Crippen molar-refractivity contribution in [2.45, 2.75) is 26.2 Å². The van der Waals surface area contributed by atoms with Crippen molar-refractivity contribution in [2.24, 2.45) is 11.7 Å². The van der Waals surface area contributed by atoms with Crippen molar-refractivity contribution < 1.29 is 14.8 Å². The lowest BCUT2D eigenvalue weighted by Gasteiger charge is -2.34. The molecule has 0 bridgehead atoms. The van der Waals surface area contributed by atoms with E-state index in [1.807, 2.05) is 19.1 Å². The Bertz CT molecular complexity index is 470. The minimum atomic E-state index is -0.358. The zero-order valence-corrected chi connectivity index (χ0v) is 11.7. The van der Waals surface area contributed by atoms with Crippen LogP contribution >= 0.6 is 0 Å². The number of hydroxylamine groups is 2. The fourth-order valence-corrected chi connectivity index (χ4v) is 2.60. The summed E-state index contributed by atoms with van der Waals surface area (Å²) in [6, 6.07) is -0.358. The molecule has 6 nitrogen and oxygen atoms in total. The van der Waals surface area contributed by atoms with Gasteiger partial charge in [0.15, 0.2) is 0 Å². The predicted molar refractivity (Wildman–Crippen MR) is 73.8 cm³/mol. The van der Waals surface area contributed by atoms with Crippen LogP contribution in [0.1, 0.15) is 26.2 Å². The van der Waals surface area contributed by atoms with Gasteiger partial charge in [-0.1, -0.05) is 19.1 Å². The summed E-state index contributed by atoms with van der Waals surface area (Å²) in [7, 11) is 0. The van der Waals surface area contributed by atoms with Gasteiger partial charge in [-0.15, -0.1) is 0 Å². The van der Waals surface area contributed by atoms with E-state index in [9.17, 15) is 14.8 Å². The predicted octanol–water partition coefficient (Wildman–Crippen LogP) is 1.27. The lowest BCUT2D eigenvalue weighted by Crippen LogP contribution is -2.45. The summed E-state index contributed by atoms with van der Waals surface area (Å²) in [4.78, 5) is 24.9. The molecule has 6 heteroatoms. The first kappa shape index (κ1) is 14.6. The second-order valence-corrected chi connectivity index (χ2v) is 5.24. The Morgan fingerprint density at radius 3 is 2.90 bits per heavy atom. The number of piperidine rings is 1. The molecule has 0 aromatic heterocycles. The van der Waals surface area contributed by atoms with Gasteiger partial charge in [0.1, 0.15) is 0 Å². The van der Waals surface area contributed by atoms with Crippen LogP contribution in [-0.2, 0) is 4.79 Å². The second-order valence-electron chi connectivity index (χ2n) is 5.24. The van der Waals surface area contributed by atoms with Crippen LogP contribution in [0, 0.1) is 5.92 Å². The molecule has 0 aromatic carbocycles. The molecule has 0 radical (unpaired) electrons. The lowest BCUT2D eigenvalue weighted by molar-refractivity contribution is -0.120. The highest BCUT2D eigenvalue weighted by atomic mass is 16.5. The highest BCUT2D eigenvalue weighted by molar-refractivity contribution is 5.80. The van der Waals surface area contributed by atoms with Gasteiger partial charge in [0.2, 0.25) is 5.91 Å². The van der Waals surface area contributed by atoms with Gasteiger partial charge < -0.3 is 10.6 Å². The summed E-state index contributed by atoms with van der Waals surface area (Å²) in [5.41, 5.74) is 7.48. The zero-order chi connectivity index (χ0) is 14.7. The summed E-state index contributed by atoms with van der Waals surface area (Å²) < 4.78 is 0. The summed E-state index contributed by atoms with van der Waals surface area (Å²) in [5, 5.41) is 10.4. The van der Waals surface area contributed by atoms with E-state index in [0.29, 0.717) is 38.9 Å². The molecule has 0 aromatic rings. The molecule has 1 atom stereocenters. The normalized spacial score (nSPS) is 21.7. The van der Waals surface area contributed by atoms with Crippen LogP contribution in [0.5, 0.6) is 0 Å². The van der Waals surface area contributed by atoms with Crippen molar-refractivity contribution in [2.75, 3.05) is 19.6 Å². The maximum Gasteiger partial charge on any atom is 0.344 e. The third-order valence-corrected chi connectivity index (χ3v) is 3.74. The van der Waals surface area contributed by atoms with Crippen LogP contribution in [0.2, 0.25) is 0 Å². The number of urea groups is 1. The molecular formula is C14H21N3O3. The first-order chi connectivity index (χ1) is 9.52. The van der Waals surface area contributed by atoms with E-state index < -0.39 is 0 Å². The number of carbonyl (C=O) groups is 2. The standard InChI is InChI=1S/C14H21N3O3/c1-2-6-17(20)14(19)16-7-5-10-8-11(13(15)18)3-4-12(10)9-16/h4,8,11,20H,2-3,5-7,9H2,1H3,(H2,15,18). The molecular weight excluding hydrogens is 258 g/mol. The largest absolute Gasteiger partial charge is 0.369 e. The maximum atomic E-state index is 12.0. The summed E-state index contributed by atoms with van der Waals surface area (Å²) in [6.07, 6.45) is 5.90. The average molecular weight is 279 g/mol. The number of nitrogens with zero attached hydrogens (tertiary/aromatic N) is 2. The van der Waals surface area contributed by atoms with Gasteiger partial charge in [0, 0.05) is 19.6 Å². The molecule has 1 heterocycles. The number of hydrogen-bond acceptors (Lipinski definition) is 3. The zero-order valence-electron chi connectivity index (χ0n) is 11.7. The van der Waals surface area contributed by atoms with Crippen LogP contribution in [0.3, 0.4) is 0 Å². The van der Waals surface area contributed by atoms with E-state index in [2.05, 4.69) is 0 Å². The molecule has 1 aliphatic heterocycles. The number of primary amides is 1. The fourth-order valence-electron chi connectivity index (χ4n) is 2.60. The van der Waals surface area contributed by atoms with E-state index in [0.717, 1.165) is 16.2 Å². The monoisotopic (exact) mass is 279 g/mol. The van der Waals surface area contributed by atoms with Gasteiger partial charge in [0.25, 0.3) is 0 Å². The van der Waals surface area contributed by atoms with Crippen molar-refractivity contribution in [3.05, 3.63) is 23.3 Å². The number of carbonyl (C=O) groups excluding carboxylic acids is 2. The van der Waals surface area contributed by atoms with Crippen molar-refractivity contribution in [1.29, 1.82) is 0 Å². The maximum absolute atomic E-state index is 12.0. The van der Waals surface area contributed by atoms with Crippen molar-refractivity contribution in [3.8, 4) is 0 Å². The van der Waals surface area contributed by atoms with Crippen molar-refractivity contribution >= 4 is 11.9 Å². The highest BCUT2D eigenvalue weighted by Crippen LogP contribution is 2.29. The summed E-state index contributed by atoms with van der Waals surface area (Å²) in [5.74, 6) is -0.541. The molecule has 2 aliphatic rings. The summed E-state index contributed by atoms with van der Waals surface area (Å²) >= 11 is 0. The van der Waals surface area contributed by atoms with Crippen LogP contribution in [0.25, 0.3) is 0 Å². The average Bonchev–Trinajstić information content (AvgIpc) is 2.45. The fraction of sp³-hybridized carbons (Fsp3) is 0.571. The lowest BCUT2D eigenvalue weighted by atomic mass is 9.86. The molecule has 20 heavy (non-hydrogen) atoms. The Kier molecular flexibility index (Phi) is 4.44. The number of fused-ring (bicyclic) bond motifs is 1. The topological polar surface area (TPSA) is 86.9 Å². The molecule has 2 rings (SSSR count). The molecule has 1 fully saturated rings. The number of likely N-dealkylation sites (tertiary alicyclic amines) is 1. The third-order valence-electron chi connectivity index (χ3n) is 3.74. The van der Waals surface area contributed by atoms with Crippen LogP contribution in [0.4, 0.5) is 4.79 Å². The smallest absolute Gasteiger partial charge is 0.344 e. The Morgan fingerprint density at radius 1 is 1.50 bits per heavy atom. The van der Waals surface area contributed by atoms with Crippen molar-refractivity contribution in [1.82, 2.24) is 9.96 Å². The summed E-state index contributed by atoms with van der Waals surface area (Å²) in [6.45, 7) is 3.27. The van der Waals surface area contributed by atoms with E-state index in [-0.39, 0.29) is 17.9 Å². The van der Waals surface area contributed by atoms with Gasteiger partial charge in [-0.2, -0.15) is 0 Å². The second kappa shape index (κ2) is 6.09. The van der Waals surface area contributed by atoms with Crippen LogP contribution in [-0.4, -0.2) is 46.7 Å². The Balaban J connectivity index is 2.01. The molecule has 1 unspecified atom stereocenters. The minimum absolute atomic E-state index is 0.231. The van der Waals surface area contributed by atoms with E-state index in [1.165, 1.54) is 0 Å². The number of hydrogen-bond donors (Lipinski definition) is 2. The number of nitrogens with two attached hydrogens (primary N) is 1. The Morgan fingerprint density at radius 2 is 2.25 bits per heavy atom. The minimum Gasteiger partial charge on any atom is -0.369 e. The first-order valence-electron chi connectivity index (χ1n) is 6.97. The molecule has 3 N–H and O–H groups in total. The Hall–Kier alpha value is -1.82. The quantitative estimate of drug-likeness (QED) is 0.602. The van der Waals surface area contributed by atoms with Gasteiger partial charge in [-0.25, -0.2) is 9.86 Å². The van der Waals surface area contributed by atoms with E-state index in [4.69, 9.17) is 5.73 Å². The van der Waals surface area contributed by atoms with E-state index in [1.54, 1.807) is 4.90 Å². The highest BCUT2D eigenvalue weighted by Gasteiger charge is 2.28. The molecule has 3 amide bonds. The van der Waals surface area contributed by atoms with E-state index >= 15 is 0 Å². The van der Waals surface area contributed by atoms with Gasteiger partial charge in [-0.3, -0.25) is 10.0 Å². The number of amides is 3. The Labute approximate surface area is 118 Å².